The van der Waals surface area contributed by atoms with E-state index in [-0.39, 0.29) is 17.2 Å². The van der Waals surface area contributed by atoms with Crippen LogP contribution in [0.1, 0.15) is 16.7 Å². The van der Waals surface area contributed by atoms with E-state index in [1.165, 1.54) is 23.9 Å². The van der Waals surface area contributed by atoms with Crippen molar-refractivity contribution in [2.75, 3.05) is 5.32 Å². The highest BCUT2D eigenvalue weighted by molar-refractivity contribution is 9.10. The Bertz CT molecular complexity index is 1190. The van der Waals surface area contributed by atoms with E-state index in [4.69, 9.17) is 16.3 Å². The lowest BCUT2D eigenvalue weighted by atomic mass is 10.2. The van der Waals surface area contributed by atoms with Crippen molar-refractivity contribution in [2.45, 2.75) is 19.0 Å². The highest BCUT2D eigenvalue weighted by Gasteiger charge is 2.27. The van der Waals surface area contributed by atoms with Crippen molar-refractivity contribution in [3.05, 3.63) is 97.6 Å². The Hall–Kier alpha value is -2.48. The number of hydrogen-bond acceptors (Lipinski definition) is 4. The zero-order chi connectivity index (χ0) is 22.7. The predicted molar refractivity (Wildman–Crippen MR) is 132 cm³/mol. The summed E-state index contributed by atoms with van der Waals surface area (Å²) in [7, 11) is 0. The van der Waals surface area contributed by atoms with Crippen LogP contribution >= 0.6 is 39.3 Å². The summed E-state index contributed by atoms with van der Waals surface area (Å²) in [5.41, 5.74) is 3.39. The van der Waals surface area contributed by atoms with Gasteiger partial charge in [-0.2, -0.15) is 0 Å². The molecule has 0 saturated carbocycles. The van der Waals surface area contributed by atoms with Crippen LogP contribution in [0.3, 0.4) is 0 Å². The number of aryl methyl sites for hydroxylation is 1. The third-order valence-electron chi connectivity index (χ3n) is 4.77. The molecule has 1 atom stereocenters. The van der Waals surface area contributed by atoms with E-state index in [9.17, 15) is 9.18 Å². The molecule has 1 unspecified atom stereocenters. The smallest absolute Gasteiger partial charge is 0.260 e. The van der Waals surface area contributed by atoms with Crippen molar-refractivity contribution < 1.29 is 13.9 Å². The van der Waals surface area contributed by atoms with Crippen molar-refractivity contribution in [3.63, 3.8) is 0 Å². The second-order valence-corrected chi connectivity index (χ2v) is 9.63. The van der Waals surface area contributed by atoms with Gasteiger partial charge in [0.1, 0.15) is 18.2 Å². The average molecular weight is 534 g/mol. The average Bonchev–Trinajstić information content (AvgIpc) is 3.09. The van der Waals surface area contributed by atoms with Crippen LogP contribution in [0.25, 0.3) is 6.08 Å². The molecule has 0 bridgehead atoms. The first-order chi connectivity index (χ1) is 15.4. The molecule has 2 N–H and O–H groups in total. The molecule has 4 rings (SSSR count). The van der Waals surface area contributed by atoms with Crippen LogP contribution in [-0.4, -0.2) is 11.4 Å². The number of thioether (sulfide) groups is 1. The van der Waals surface area contributed by atoms with Gasteiger partial charge in [0.2, 0.25) is 0 Å². The molecule has 1 amide bonds. The fourth-order valence-electron chi connectivity index (χ4n) is 3.11. The molecular weight excluding hydrogens is 515 g/mol. The number of carbonyl (C=O) groups is 1. The van der Waals surface area contributed by atoms with Crippen molar-refractivity contribution in [1.29, 1.82) is 0 Å². The van der Waals surface area contributed by atoms with Gasteiger partial charge in [-0.25, -0.2) is 4.39 Å². The standard InChI is InChI=1S/C24H19BrClFN2O2S/c1-14-10-17(26)5-8-20(14)28-24-29-23(30)22(32-24)12-16-4-9-21(19(25)11-16)31-13-15-2-6-18(27)7-3-15/h2-12,24,28H,13H2,1H3,(H,29,30)/b22-12-. The Morgan fingerprint density at radius 2 is 1.97 bits per heavy atom. The van der Waals surface area contributed by atoms with E-state index in [1.54, 1.807) is 12.1 Å². The number of hydrogen-bond donors (Lipinski definition) is 2. The maximum absolute atomic E-state index is 13.0. The Morgan fingerprint density at radius 1 is 1.19 bits per heavy atom. The van der Waals surface area contributed by atoms with Gasteiger partial charge in [0.05, 0.1) is 9.38 Å². The molecule has 3 aromatic rings. The molecule has 32 heavy (non-hydrogen) atoms. The van der Waals surface area contributed by atoms with Crippen LogP contribution in [0.5, 0.6) is 5.75 Å². The summed E-state index contributed by atoms with van der Waals surface area (Å²) in [5.74, 6) is 0.256. The van der Waals surface area contributed by atoms with Gasteiger partial charge in [0.15, 0.2) is 5.50 Å². The van der Waals surface area contributed by atoms with Crippen LogP contribution in [0, 0.1) is 12.7 Å². The van der Waals surface area contributed by atoms with E-state index in [0.717, 1.165) is 26.9 Å². The number of nitrogens with one attached hydrogen (secondary N) is 2. The number of carbonyl (C=O) groups excluding carboxylic acids is 1. The molecule has 0 aliphatic carbocycles. The van der Waals surface area contributed by atoms with Gasteiger partial charge in [0, 0.05) is 10.7 Å². The lowest BCUT2D eigenvalue weighted by molar-refractivity contribution is -0.116. The third-order valence-corrected chi connectivity index (χ3v) is 6.65. The molecule has 1 aliphatic heterocycles. The molecule has 1 aliphatic rings. The van der Waals surface area contributed by atoms with Gasteiger partial charge in [0.25, 0.3) is 5.91 Å². The van der Waals surface area contributed by atoms with Crippen LogP contribution in [-0.2, 0) is 11.4 Å². The van der Waals surface area contributed by atoms with Crippen LogP contribution in [0.2, 0.25) is 5.02 Å². The molecule has 8 heteroatoms. The first kappa shape index (κ1) is 22.7. The summed E-state index contributed by atoms with van der Waals surface area (Å²) in [6.07, 6.45) is 1.84. The molecule has 164 valence electrons. The molecule has 0 spiro atoms. The minimum absolute atomic E-state index is 0.133. The van der Waals surface area contributed by atoms with Gasteiger partial charge >= 0.3 is 0 Å². The fraction of sp³-hybridized carbons (Fsp3) is 0.125. The lowest BCUT2D eigenvalue weighted by Gasteiger charge is -2.15. The van der Waals surface area contributed by atoms with Crippen molar-refractivity contribution in [1.82, 2.24) is 5.32 Å². The lowest BCUT2D eigenvalue weighted by Crippen LogP contribution is -2.31. The quantitative estimate of drug-likeness (QED) is 0.345. The van der Waals surface area contributed by atoms with E-state index in [0.29, 0.717) is 22.3 Å². The third kappa shape index (κ3) is 5.65. The van der Waals surface area contributed by atoms with Gasteiger partial charge in [-0.15, -0.1) is 0 Å². The molecule has 1 saturated heterocycles. The zero-order valence-electron chi connectivity index (χ0n) is 17.0. The van der Waals surface area contributed by atoms with Crippen molar-refractivity contribution >= 4 is 57.0 Å². The summed E-state index contributed by atoms with van der Waals surface area (Å²) in [4.78, 5) is 13.0. The summed E-state index contributed by atoms with van der Waals surface area (Å²) >= 11 is 11.0. The minimum Gasteiger partial charge on any atom is -0.488 e. The van der Waals surface area contributed by atoms with Gasteiger partial charge in [-0.1, -0.05) is 41.6 Å². The van der Waals surface area contributed by atoms with E-state index >= 15 is 0 Å². The number of rotatable bonds is 6. The summed E-state index contributed by atoms with van der Waals surface area (Å²) in [5, 5.41) is 6.92. The monoisotopic (exact) mass is 532 g/mol. The van der Waals surface area contributed by atoms with Crippen LogP contribution in [0.4, 0.5) is 10.1 Å². The second kappa shape index (κ2) is 9.98. The van der Waals surface area contributed by atoms with Crippen LogP contribution in [0.15, 0.2) is 70.0 Å². The van der Waals surface area contributed by atoms with Gasteiger partial charge in [-0.3, -0.25) is 4.79 Å². The second-order valence-electron chi connectivity index (χ2n) is 7.19. The van der Waals surface area contributed by atoms with Crippen molar-refractivity contribution in [3.8, 4) is 5.75 Å². The Morgan fingerprint density at radius 3 is 2.69 bits per heavy atom. The highest BCUT2D eigenvalue weighted by Crippen LogP contribution is 2.33. The SMILES string of the molecule is Cc1cc(Cl)ccc1NC1NC(=O)/C(=C/c2ccc(OCc3ccc(F)cc3)c(Br)c2)S1. The number of halogens is 3. The Kier molecular flexibility index (Phi) is 7.08. The zero-order valence-corrected chi connectivity index (χ0v) is 20.2. The Balaban J connectivity index is 1.41. The van der Waals surface area contributed by atoms with Gasteiger partial charge < -0.3 is 15.4 Å². The minimum atomic E-state index is -0.276. The highest BCUT2D eigenvalue weighted by atomic mass is 79.9. The summed E-state index contributed by atoms with van der Waals surface area (Å²) in [6, 6.07) is 17.4. The normalized spacial score (nSPS) is 16.8. The number of anilines is 1. The molecule has 4 nitrogen and oxygen atoms in total. The summed E-state index contributed by atoms with van der Waals surface area (Å²) in [6.45, 7) is 2.29. The maximum Gasteiger partial charge on any atom is 0.260 e. The van der Waals surface area contributed by atoms with E-state index in [1.807, 2.05) is 49.4 Å². The molecular formula is C24H19BrClFN2O2S. The van der Waals surface area contributed by atoms with E-state index in [2.05, 4.69) is 26.6 Å². The maximum atomic E-state index is 13.0. The molecule has 0 aromatic heterocycles. The van der Waals surface area contributed by atoms with Crippen LogP contribution < -0.4 is 15.4 Å². The first-order valence-corrected chi connectivity index (χ1v) is 11.8. The number of amides is 1. The number of benzene rings is 3. The predicted octanol–water partition coefficient (Wildman–Crippen LogP) is 6.73. The molecule has 1 heterocycles. The summed E-state index contributed by atoms with van der Waals surface area (Å²) < 4.78 is 19.6. The van der Waals surface area contributed by atoms with Gasteiger partial charge in [-0.05, 0) is 88.1 Å². The van der Waals surface area contributed by atoms with Crippen molar-refractivity contribution in [2.24, 2.45) is 0 Å². The topological polar surface area (TPSA) is 50.4 Å². The van der Waals surface area contributed by atoms with E-state index < -0.39 is 0 Å². The largest absolute Gasteiger partial charge is 0.488 e. The first-order valence-electron chi connectivity index (χ1n) is 9.76. The molecule has 1 fully saturated rings. The number of ether oxygens (including phenoxy) is 1. The Labute approximate surface area is 203 Å². The molecule has 3 aromatic carbocycles. The molecule has 0 radical (unpaired) electrons. The fourth-order valence-corrected chi connectivity index (χ4v) is 4.83.